The van der Waals surface area contributed by atoms with Gasteiger partial charge in [0.1, 0.15) is 36.1 Å². The van der Waals surface area contributed by atoms with Crippen LogP contribution in [0.4, 0.5) is 13.6 Å². The lowest BCUT2D eigenvalue weighted by Crippen LogP contribution is -2.51. The molecule has 0 aliphatic carbocycles. The van der Waals surface area contributed by atoms with E-state index in [2.05, 4.69) is 5.32 Å². The average molecular weight is 581 g/mol. The molecule has 3 unspecified atom stereocenters. The van der Waals surface area contributed by atoms with E-state index in [4.69, 9.17) is 14.5 Å². The molecular weight excluding hydrogens is 542 g/mol. The number of hydrogen-bond acceptors (Lipinski definition) is 6. The third-order valence-electron chi connectivity index (χ3n) is 7.76. The fourth-order valence-electron chi connectivity index (χ4n) is 5.45. The molecule has 2 aromatic carbocycles. The molecule has 1 aromatic heterocycles. The number of amides is 1. The molecule has 0 spiro atoms. The summed E-state index contributed by atoms with van der Waals surface area (Å²) in [4.78, 5) is 32.6. The summed E-state index contributed by atoms with van der Waals surface area (Å²) < 4.78 is 43.0. The van der Waals surface area contributed by atoms with E-state index in [1.807, 2.05) is 51.1 Å². The quantitative estimate of drug-likeness (QED) is 0.368. The number of halogens is 2. The lowest BCUT2D eigenvalue weighted by Gasteiger charge is -2.38. The Kier molecular flexibility index (Phi) is 8.63. The number of likely N-dealkylation sites (tertiary alicyclic amines) is 1. The first kappa shape index (κ1) is 29.7. The average Bonchev–Trinajstić information content (AvgIpc) is 3.34. The molecule has 2 saturated heterocycles. The molecule has 1 N–H and O–H groups in total. The molecule has 10 heteroatoms. The number of rotatable bonds is 7. The number of carbonyl (C=O) groups excluding carboxylic acids is 2. The maximum absolute atomic E-state index is 16.0. The van der Waals surface area contributed by atoms with E-state index in [-0.39, 0.29) is 31.4 Å². The van der Waals surface area contributed by atoms with Crippen LogP contribution in [-0.2, 0) is 20.9 Å². The van der Waals surface area contributed by atoms with Gasteiger partial charge in [0.15, 0.2) is 0 Å². The van der Waals surface area contributed by atoms with Crippen molar-refractivity contribution in [2.24, 2.45) is 5.92 Å². The first-order chi connectivity index (χ1) is 20.0. The molecule has 3 heterocycles. The Labute approximate surface area is 245 Å². The molecule has 0 saturated carbocycles. The minimum Gasteiger partial charge on any atom is -0.458 e. The number of benzene rings is 2. The van der Waals surface area contributed by atoms with Gasteiger partial charge in [-0.05, 0) is 63.4 Å². The van der Waals surface area contributed by atoms with Gasteiger partial charge in [-0.2, -0.15) is 0 Å². The van der Waals surface area contributed by atoms with Crippen molar-refractivity contribution in [1.82, 2.24) is 19.8 Å². The van der Waals surface area contributed by atoms with Crippen molar-refractivity contribution in [2.75, 3.05) is 26.2 Å². The lowest BCUT2D eigenvalue weighted by molar-refractivity contribution is -0.161. The second-order valence-corrected chi connectivity index (χ2v) is 12.1. The zero-order chi connectivity index (χ0) is 30.0. The summed E-state index contributed by atoms with van der Waals surface area (Å²) in [6, 6.07) is 13.3. The van der Waals surface area contributed by atoms with Gasteiger partial charge in [0, 0.05) is 37.3 Å². The first-order valence-electron chi connectivity index (χ1n) is 14.4. The number of aryl methyl sites for hydroxylation is 1. The summed E-state index contributed by atoms with van der Waals surface area (Å²) >= 11 is 0. The second-order valence-electron chi connectivity index (χ2n) is 12.1. The Morgan fingerprint density at radius 3 is 2.50 bits per heavy atom. The standard InChI is InChI=1S/C32H38F2N4O4/c1-20-14-22(10-11-25(20)33)27-18-38(28(23-15-35-16-23)30(39)42-32(2,3)4)29(36-27)24-12-13-37(17-26(24)34)31(40)41-19-21-8-6-5-7-9-21/h5-11,14,18,23-24,26,28,35H,12-13,15-17,19H2,1-4H3. The Bertz CT molecular complexity index is 1420. The number of imidazole rings is 1. The monoisotopic (exact) mass is 580 g/mol. The van der Waals surface area contributed by atoms with E-state index < -0.39 is 35.8 Å². The van der Waals surface area contributed by atoms with Crippen molar-refractivity contribution in [3.05, 3.63) is 77.5 Å². The van der Waals surface area contributed by atoms with Crippen LogP contribution in [0.25, 0.3) is 11.3 Å². The Hall–Kier alpha value is -3.79. The molecule has 0 bridgehead atoms. The van der Waals surface area contributed by atoms with E-state index in [0.29, 0.717) is 42.2 Å². The van der Waals surface area contributed by atoms with Gasteiger partial charge in [-0.25, -0.2) is 23.4 Å². The molecule has 8 nitrogen and oxygen atoms in total. The number of aromatic nitrogens is 2. The summed E-state index contributed by atoms with van der Waals surface area (Å²) in [5.41, 5.74) is 1.79. The fourth-order valence-corrected chi connectivity index (χ4v) is 5.45. The Morgan fingerprint density at radius 1 is 1.14 bits per heavy atom. The normalized spacial score (nSPS) is 20.1. The van der Waals surface area contributed by atoms with Gasteiger partial charge in [0.25, 0.3) is 0 Å². The van der Waals surface area contributed by atoms with Crippen molar-refractivity contribution < 1.29 is 27.8 Å². The van der Waals surface area contributed by atoms with Crippen LogP contribution in [0.5, 0.6) is 0 Å². The highest BCUT2D eigenvalue weighted by Gasteiger charge is 2.42. The first-order valence-corrected chi connectivity index (χ1v) is 14.4. The Morgan fingerprint density at radius 2 is 1.88 bits per heavy atom. The largest absolute Gasteiger partial charge is 0.458 e. The van der Waals surface area contributed by atoms with E-state index in [1.54, 1.807) is 29.8 Å². The summed E-state index contributed by atoms with van der Waals surface area (Å²) in [7, 11) is 0. The number of piperidine rings is 1. The third-order valence-corrected chi connectivity index (χ3v) is 7.76. The third kappa shape index (κ3) is 6.64. The molecule has 3 aromatic rings. The summed E-state index contributed by atoms with van der Waals surface area (Å²) in [5.74, 6) is -1.06. The van der Waals surface area contributed by atoms with Crippen LogP contribution in [0.3, 0.4) is 0 Å². The zero-order valence-corrected chi connectivity index (χ0v) is 24.5. The fraction of sp³-hybridized carbons (Fsp3) is 0.469. The van der Waals surface area contributed by atoms with E-state index >= 15 is 4.39 Å². The number of hydrogen-bond donors (Lipinski definition) is 1. The lowest BCUT2D eigenvalue weighted by atomic mass is 9.90. The molecule has 5 rings (SSSR count). The Balaban J connectivity index is 1.43. The summed E-state index contributed by atoms with van der Waals surface area (Å²) in [6.07, 6.45) is 0.0378. The second kappa shape index (κ2) is 12.2. The maximum Gasteiger partial charge on any atom is 0.410 e. The van der Waals surface area contributed by atoms with Crippen LogP contribution in [-0.4, -0.2) is 64.5 Å². The highest BCUT2D eigenvalue weighted by Crippen LogP contribution is 2.37. The van der Waals surface area contributed by atoms with E-state index in [1.165, 1.54) is 11.0 Å². The summed E-state index contributed by atoms with van der Waals surface area (Å²) in [5, 5.41) is 3.22. The topological polar surface area (TPSA) is 85.7 Å². The molecule has 2 aliphatic heterocycles. The highest BCUT2D eigenvalue weighted by atomic mass is 19.1. The van der Waals surface area contributed by atoms with Crippen LogP contribution >= 0.6 is 0 Å². The van der Waals surface area contributed by atoms with Gasteiger partial charge in [0.2, 0.25) is 0 Å². The molecule has 224 valence electrons. The number of nitrogens with zero attached hydrogens (tertiary/aromatic N) is 3. The maximum atomic E-state index is 16.0. The minimum absolute atomic E-state index is 0.0679. The molecular formula is C32H38F2N4O4. The van der Waals surface area contributed by atoms with Gasteiger partial charge in [0.05, 0.1) is 18.2 Å². The van der Waals surface area contributed by atoms with Crippen molar-refractivity contribution in [3.8, 4) is 11.3 Å². The highest BCUT2D eigenvalue weighted by molar-refractivity contribution is 5.76. The molecule has 0 radical (unpaired) electrons. The minimum atomic E-state index is -1.44. The molecule has 42 heavy (non-hydrogen) atoms. The van der Waals surface area contributed by atoms with Gasteiger partial charge < -0.3 is 24.3 Å². The van der Waals surface area contributed by atoms with Crippen LogP contribution in [0, 0.1) is 18.7 Å². The van der Waals surface area contributed by atoms with Crippen LogP contribution in [0.1, 0.15) is 56.1 Å². The number of alkyl halides is 1. The predicted octanol–water partition coefficient (Wildman–Crippen LogP) is 5.56. The molecule has 2 fully saturated rings. The summed E-state index contributed by atoms with van der Waals surface area (Å²) in [6.45, 7) is 8.55. The van der Waals surface area contributed by atoms with Crippen LogP contribution in [0.2, 0.25) is 0 Å². The number of carbonyl (C=O) groups is 2. The molecule has 2 aliphatic rings. The van der Waals surface area contributed by atoms with E-state index in [0.717, 1.165) is 5.56 Å². The van der Waals surface area contributed by atoms with E-state index in [9.17, 15) is 14.0 Å². The number of nitrogens with one attached hydrogen (secondary N) is 1. The van der Waals surface area contributed by atoms with Crippen molar-refractivity contribution in [3.63, 3.8) is 0 Å². The van der Waals surface area contributed by atoms with Crippen LogP contribution in [0.15, 0.2) is 54.7 Å². The van der Waals surface area contributed by atoms with Crippen molar-refractivity contribution >= 4 is 12.1 Å². The smallest absolute Gasteiger partial charge is 0.410 e. The van der Waals surface area contributed by atoms with Gasteiger partial charge in [-0.3, -0.25) is 0 Å². The molecule has 3 atom stereocenters. The van der Waals surface area contributed by atoms with Crippen LogP contribution < -0.4 is 5.32 Å². The number of esters is 1. The van der Waals surface area contributed by atoms with Gasteiger partial charge >= 0.3 is 12.1 Å². The van der Waals surface area contributed by atoms with Crippen molar-refractivity contribution in [2.45, 2.75) is 64.5 Å². The SMILES string of the molecule is Cc1cc(-c2cn(C(C(=O)OC(C)(C)C)C3CNC3)c(C3CCN(C(=O)OCc4ccccc4)CC3F)n2)ccc1F. The van der Waals surface area contributed by atoms with Gasteiger partial charge in [-0.1, -0.05) is 30.3 Å². The molecule has 1 amide bonds. The van der Waals surface area contributed by atoms with Crippen molar-refractivity contribution in [1.29, 1.82) is 0 Å². The predicted molar refractivity (Wildman–Crippen MR) is 154 cm³/mol. The zero-order valence-electron chi connectivity index (χ0n) is 24.5. The van der Waals surface area contributed by atoms with Gasteiger partial charge in [-0.15, -0.1) is 0 Å². The number of ether oxygens (including phenoxy) is 2.